The Bertz CT molecular complexity index is 924. The predicted octanol–water partition coefficient (Wildman–Crippen LogP) is 3.39. The maximum Gasteiger partial charge on any atom is 0.236 e. The van der Waals surface area contributed by atoms with E-state index in [0.717, 1.165) is 35.8 Å². The van der Waals surface area contributed by atoms with Crippen LogP contribution in [-0.2, 0) is 4.79 Å². The number of nitrogens with zero attached hydrogens (tertiary/aromatic N) is 4. The second-order valence-corrected chi connectivity index (χ2v) is 7.91. The molecule has 0 radical (unpaired) electrons. The first-order chi connectivity index (χ1) is 12.1. The number of aromatic nitrogens is 4. The van der Waals surface area contributed by atoms with Crippen LogP contribution in [0, 0.1) is 0 Å². The van der Waals surface area contributed by atoms with E-state index >= 15 is 0 Å². The van der Waals surface area contributed by atoms with Gasteiger partial charge in [-0.1, -0.05) is 30.0 Å². The van der Waals surface area contributed by atoms with Gasteiger partial charge in [0.15, 0.2) is 5.65 Å². The number of aromatic amines is 1. The standard InChI is InChI=1S/C18H21N5OS/c1-11-7-5-6-10-23(11)17(24)12(2)25-18-20-16-15(21-22-18)13-8-3-4-9-14(13)19-16/h3-4,8-9,11-12H,5-7,10H2,1-2H3,(H,19,20,22)/t11-,12-/m0/s1. The number of amides is 1. The second kappa shape index (κ2) is 6.63. The van der Waals surface area contributed by atoms with Gasteiger partial charge in [-0.2, -0.15) is 0 Å². The van der Waals surface area contributed by atoms with Gasteiger partial charge in [-0.15, -0.1) is 10.2 Å². The zero-order valence-electron chi connectivity index (χ0n) is 14.4. The van der Waals surface area contributed by atoms with E-state index in [4.69, 9.17) is 0 Å². The fourth-order valence-electron chi connectivity index (χ4n) is 3.42. The Kier molecular flexibility index (Phi) is 4.33. The summed E-state index contributed by atoms with van der Waals surface area (Å²) in [7, 11) is 0. The average Bonchev–Trinajstić information content (AvgIpc) is 2.99. The predicted molar refractivity (Wildman–Crippen MR) is 99.5 cm³/mol. The molecular formula is C18H21N5OS. The summed E-state index contributed by atoms with van der Waals surface area (Å²) < 4.78 is 0. The lowest BCUT2D eigenvalue weighted by Crippen LogP contribution is -2.45. The number of benzene rings is 1. The highest BCUT2D eigenvalue weighted by Crippen LogP contribution is 2.27. The summed E-state index contributed by atoms with van der Waals surface area (Å²) in [6, 6.07) is 8.26. The Morgan fingerprint density at radius 3 is 3.00 bits per heavy atom. The molecule has 1 saturated heterocycles. The van der Waals surface area contributed by atoms with Crippen molar-refractivity contribution in [1.29, 1.82) is 0 Å². The summed E-state index contributed by atoms with van der Waals surface area (Å²) in [5.74, 6) is 0.164. The van der Waals surface area contributed by atoms with Gasteiger partial charge in [-0.25, -0.2) is 4.98 Å². The van der Waals surface area contributed by atoms with Crippen molar-refractivity contribution in [3.8, 4) is 0 Å². The number of hydrogen-bond donors (Lipinski definition) is 1. The number of carbonyl (C=O) groups is 1. The van der Waals surface area contributed by atoms with Crippen LogP contribution < -0.4 is 0 Å². The number of thioether (sulfide) groups is 1. The molecule has 130 valence electrons. The Morgan fingerprint density at radius 1 is 1.32 bits per heavy atom. The van der Waals surface area contributed by atoms with Gasteiger partial charge in [0, 0.05) is 23.5 Å². The van der Waals surface area contributed by atoms with Crippen LogP contribution >= 0.6 is 11.8 Å². The van der Waals surface area contributed by atoms with Crippen molar-refractivity contribution < 1.29 is 4.79 Å². The minimum atomic E-state index is -0.218. The van der Waals surface area contributed by atoms with Gasteiger partial charge in [0.25, 0.3) is 0 Å². The topological polar surface area (TPSA) is 74.8 Å². The van der Waals surface area contributed by atoms with Gasteiger partial charge < -0.3 is 9.88 Å². The van der Waals surface area contributed by atoms with Gasteiger partial charge in [0.2, 0.25) is 11.1 Å². The Labute approximate surface area is 150 Å². The molecule has 2 aromatic heterocycles. The molecule has 3 heterocycles. The molecule has 0 unspecified atom stereocenters. The first-order valence-corrected chi connectivity index (χ1v) is 9.60. The van der Waals surface area contributed by atoms with Crippen LogP contribution in [0.2, 0.25) is 0 Å². The summed E-state index contributed by atoms with van der Waals surface area (Å²) in [5, 5.41) is 9.87. The second-order valence-electron chi connectivity index (χ2n) is 6.60. The van der Waals surface area contributed by atoms with Gasteiger partial charge in [0.1, 0.15) is 5.52 Å². The van der Waals surface area contributed by atoms with Gasteiger partial charge in [-0.05, 0) is 39.2 Å². The van der Waals surface area contributed by atoms with E-state index in [-0.39, 0.29) is 11.2 Å². The summed E-state index contributed by atoms with van der Waals surface area (Å²) in [5.41, 5.74) is 2.47. The number of rotatable bonds is 3. The van der Waals surface area contributed by atoms with E-state index in [2.05, 4.69) is 27.1 Å². The summed E-state index contributed by atoms with van der Waals surface area (Å²) in [4.78, 5) is 22.6. The fourth-order valence-corrected chi connectivity index (χ4v) is 4.21. The van der Waals surface area contributed by atoms with Crippen LogP contribution in [-0.4, -0.2) is 48.8 Å². The minimum Gasteiger partial charge on any atom is -0.339 e. The van der Waals surface area contributed by atoms with Crippen LogP contribution in [0.25, 0.3) is 22.1 Å². The van der Waals surface area contributed by atoms with Gasteiger partial charge >= 0.3 is 0 Å². The van der Waals surface area contributed by atoms with Crippen molar-refractivity contribution in [3.63, 3.8) is 0 Å². The van der Waals surface area contributed by atoms with E-state index in [0.29, 0.717) is 16.8 Å². The maximum absolute atomic E-state index is 12.7. The zero-order chi connectivity index (χ0) is 17.4. The molecule has 6 nitrogen and oxygen atoms in total. The Morgan fingerprint density at radius 2 is 2.16 bits per heavy atom. The molecule has 1 fully saturated rings. The Hall–Kier alpha value is -2.15. The first kappa shape index (κ1) is 16.3. The normalized spacial score (nSPS) is 19.4. The lowest BCUT2D eigenvalue weighted by molar-refractivity contribution is -0.133. The molecule has 0 saturated carbocycles. The number of carbonyl (C=O) groups excluding carboxylic acids is 1. The molecule has 1 N–H and O–H groups in total. The number of H-pyrrole nitrogens is 1. The number of piperidine rings is 1. The molecule has 1 aromatic carbocycles. The quantitative estimate of drug-likeness (QED) is 0.729. The highest BCUT2D eigenvalue weighted by atomic mass is 32.2. The third-order valence-corrected chi connectivity index (χ3v) is 5.76. The highest BCUT2D eigenvalue weighted by Gasteiger charge is 2.28. The monoisotopic (exact) mass is 355 g/mol. The molecule has 25 heavy (non-hydrogen) atoms. The van der Waals surface area contributed by atoms with E-state index in [9.17, 15) is 4.79 Å². The molecule has 4 rings (SSSR count). The molecule has 2 atom stereocenters. The van der Waals surface area contributed by atoms with E-state index in [1.165, 1.54) is 18.2 Å². The van der Waals surface area contributed by atoms with Gasteiger partial charge in [-0.3, -0.25) is 4.79 Å². The van der Waals surface area contributed by atoms with Crippen LogP contribution in [0.1, 0.15) is 33.1 Å². The minimum absolute atomic E-state index is 0.164. The van der Waals surface area contributed by atoms with Crippen molar-refractivity contribution >= 4 is 39.7 Å². The molecule has 3 aromatic rings. The van der Waals surface area contributed by atoms with Crippen molar-refractivity contribution in [2.45, 2.75) is 49.6 Å². The third kappa shape index (κ3) is 3.08. The highest BCUT2D eigenvalue weighted by molar-refractivity contribution is 8.00. The summed E-state index contributed by atoms with van der Waals surface area (Å²) >= 11 is 1.38. The van der Waals surface area contributed by atoms with Crippen molar-refractivity contribution in [2.75, 3.05) is 6.54 Å². The van der Waals surface area contributed by atoms with E-state index in [1.54, 1.807) is 0 Å². The molecule has 1 amide bonds. The molecule has 1 aliphatic rings. The first-order valence-electron chi connectivity index (χ1n) is 8.72. The fraction of sp³-hybridized carbons (Fsp3) is 0.444. The average molecular weight is 355 g/mol. The number of fused-ring (bicyclic) bond motifs is 3. The lowest BCUT2D eigenvalue weighted by Gasteiger charge is -2.34. The Balaban J connectivity index is 1.55. The van der Waals surface area contributed by atoms with Crippen molar-refractivity contribution in [3.05, 3.63) is 24.3 Å². The smallest absolute Gasteiger partial charge is 0.236 e. The van der Waals surface area contributed by atoms with Crippen LogP contribution in [0.15, 0.2) is 29.4 Å². The van der Waals surface area contributed by atoms with E-state index < -0.39 is 0 Å². The molecule has 1 aliphatic heterocycles. The van der Waals surface area contributed by atoms with Crippen LogP contribution in [0.5, 0.6) is 0 Å². The zero-order valence-corrected chi connectivity index (χ0v) is 15.2. The van der Waals surface area contributed by atoms with Crippen LogP contribution in [0.4, 0.5) is 0 Å². The van der Waals surface area contributed by atoms with Gasteiger partial charge in [0.05, 0.1) is 5.25 Å². The number of hydrogen-bond acceptors (Lipinski definition) is 5. The lowest BCUT2D eigenvalue weighted by atomic mass is 10.0. The van der Waals surface area contributed by atoms with Crippen molar-refractivity contribution in [1.82, 2.24) is 25.1 Å². The number of para-hydroxylation sites is 1. The molecule has 0 aliphatic carbocycles. The van der Waals surface area contributed by atoms with Crippen LogP contribution in [0.3, 0.4) is 0 Å². The number of nitrogens with one attached hydrogen (secondary N) is 1. The molecule has 0 spiro atoms. The molecule has 7 heteroatoms. The molecule has 0 bridgehead atoms. The summed E-state index contributed by atoms with van der Waals surface area (Å²) in [6.07, 6.45) is 3.38. The SMILES string of the molecule is C[C@H](Sc1nnc2c(n1)[nH]c1ccccc12)C(=O)N1CCCC[C@@H]1C. The number of likely N-dealkylation sites (tertiary alicyclic amines) is 1. The largest absolute Gasteiger partial charge is 0.339 e. The van der Waals surface area contributed by atoms with E-state index in [1.807, 2.05) is 36.1 Å². The van der Waals surface area contributed by atoms with Crippen molar-refractivity contribution in [2.24, 2.45) is 0 Å². The third-order valence-electron chi connectivity index (χ3n) is 4.82. The summed E-state index contributed by atoms with van der Waals surface area (Å²) in [6.45, 7) is 4.90. The molecular weight excluding hydrogens is 334 g/mol. The maximum atomic E-state index is 12.7.